The van der Waals surface area contributed by atoms with Gasteiger partial charge in [0, 0.05) is 0 Å². The van der Waals surface area contributed by atoms with Crippen molar-refractivity contribution in [3.05, 3.63) is 12.7 Å². The standard InChI is InChI=1S/C6H11NO4S.Li/c1-4-5(8)7-6(2,3)12(9,10)11;/h4H,1H2,2-3H3,(H,7,8)(H,9,10,11);/q;+1/p-1. The maximum atomic E-state index is 10.6. The van der Waals surface area contributed by atoms with Crippen LogP contribution in [0.15, 0.2) is 12.7 Å². The summed E-state index contributed by atoms with van der Waals surface area (Å²) < 4.78 is 31.5. The van der Waals surface area contributed by atoms with Crippen molar-refractivity contribution in [1.82, 2.24) is 5.32 Å². The minimum absolute atomic E-state index is 0. The van der Waals surface area contributed by atoms with E-state index >= 15 is 0 Å². The van der Waals surface area contributed by atoms with Gasteiger partial charge in [0.25, 0.3) is 0 Å². The third-order valence-electron chi connectivity index (χ3n) is 1.23. The Kier molecular flexibility index (Phi) is 5.63. The van der Waals surface area contributed by atoms with E-state index in [9.17, 15) is 17.8 Å². The first-order valence-electron chi connectivity index (χ1n) is 3.11. The third-order valence-corrected chi connectivity index (χ3v) is 2.59. The van der Waals surface area contributed by atoms with E-state index in [4.69, 9.17) is 0 Å². The zero-order valence-corrected chi connectivity index (χ0v) is 8.64. The van der Waals surface area contributed by atoms with Gasteiger partial charge in [-0.05, 0) is 19.9 Å². The maximum absolute atomic E-state index is 10.6. The van der Waals surface area contributed by atoms with E-state index in [1.165, 1.54) is 0 Å². The van der Waals surface area contributed by atoms with Gasteiger partial charge in [-0.15, -0.1) is 0 Å². The second-order valence-electron chi connectivity index (χ2n) is 2.66. The molecule has 0 fully saturated rings. The van der Waals surface area contributed by atoms with Crippen molar-refractivity contribution >= 4 is 16.0 Å². The van der Waals surface area contributed by atoms with E-state index in [0.717, 1.165) is 19.9 Å². The van der Waals surface area contributed by atoms with Crippen LogP contribution in [0.1, 0.15) is 13.8 Å². The molecule has 7 heteroatoms. The van der Waals surface area contributed by atoms with Crippen molar-refractivity contribution in [2.75, 3.05) is 0 Å². The molecule has 1 amide bonds. The van der Waals surface area contributed by atoms with Crippen molar-refractivity contribution < 1.29 is 36.6 Å². The molecule has 0 aliphatic rings. The van der Waals surface area contributed by atoms with Crippen molar-refractivity contribution in [3.8, 4) is 0 Å². The van der Waals surface area contributed by atoms with Crippen LogP contribution in [0.25, 0.3) is 0 Å². The molecule has 1 N–H and O–H groups in total. The van der Waals surface area contributed by atoms with E-state index in [-0.39, 0.29) is 18.9 Å². The van der Waals surface area contributed by atoms with Gasteiger partial charge in [-0.25, -0.2) is 8.42 Å². The molecule has 0 spiro atoms. The molecule has 0 heterocycles. The number of hydrogen-bond acceptors (Lipinski definition) is 4. The van der Waals surface area contributed by atoms with Crippen LogP contribution in [-0.4, -0.2) is 23.7 Å². The fourth-order valence-electron chi connectivity index (χ4n) is 0.410. The van der Waals surface area contributed by atoms with Crippen LogP contribution in [0, 0.1) is 0 Å². The average Bonchev–Trinajstić information content (AvgIpc) is 1.84. The van der Waals surface area contributed by atoms with Crippen molar-refractivity contribution in [2.45, 2.75) is 18.7 Å². The maximum Gasteiger partial charge on any atom is 1.00 e. The molecule has 0 bridgehead atoms. The van der Waals surface area contributed by atoms with Gasteiger partial charge in [-0.1, -0.05) is 6.58 Å². The molecular formula is C6H10LiNO4S. The Labute approximate surface area is 89.5 Å². The summed E-state index contributed by atoms with van der Waals surface area (Å²) >= 11 is 0. The molecule has 13 heavy (non-hydrogen) atoms. The first-order valence-corrected chi connectivity index (χ1v) is 4.51. The van der Waals surface area contributed by atoms with Crippen LogP contribution in [-0.2, 0) is 14.9 Å². The Balaban J connectivity index is 0. The predicted octanol–water partition coefficient (Wildman–Crippen LogP) is -3.43. The van der Waals surface area contributed by atoms with Crippen LogP contribution in [0.3, 0.4) is 0 Å². The summed E-state index contributed by atoms with van der Waals surface area (Å²) in [5.74, 6) is -0.695. The molecule has 0 atom stereocenters. The van der Waals surface area contributed by atoms with E-state index in [0.29, 0.717) is 0 Å². The van der Waals surface area contributed by atoms with Crippen LogP contribution in [0.4, 0.5) is 0 Å². The van der Waals surface area contributed by atoms with E-state index in [2.05, 4.69) is 6.58 Å². The molecule has 0 radical (unpaired) electrons. The monoisotopic (exact) mass is 199 g/mol. The fraction of sp³-hybridized carbons (Fsp3) is 0.500. The summed E-state index contributed by atoms with van der Waals surface area (Å²) in [4.78, 5) is 8.85. The quantitative estimate of drug-likeness (QED) is 0.291. The minimum Gasteiger partial charge on any atom is -0.746 e. The molecule has 0 rings (SSSR count). The molecule has 0 saturated heterocycles. The molecule has 0 unspecified atom stereocenters. The van der Waals surface area contributed by atoms with Crippen molar-refractivity contribution in [1.29, 1.82) is 0 Å². The number of nitrogens with one attached hydrogen (secondary N) is 1. The summed E-state index contributed by atoms with van der Waals surface area (Å²) in [7, 11) is -4.54. The molecule has 0 aliphatic carbocycles. The number of rotatable bonds is 3. The number of amides is 1. The summed E-state index contributed by atoms with van der Waals surface area (Å²) in [6.45, 7) is 5.33. The fourth-order valence-corrected chi connectivity index (χ4v) is 0.636. The number of hydrogen-bond donors (Lipinski definition) is 1. The average molecular weight is 199 g/mol. The van der Waals surface area contributed by atoms with Crippen LogP contribution in [0.2, 0.25) is 0 Å². The molecule has 0 aromatic heterocycles. The summed E-state index contributed by atoms with van der Waals surface area (Å²) in [6.07, 6.45) is 0.896. The topological polar surface area (TPSA) is 86.3 Å². The Morgan fingerprint density at radius 1 is 1.54 bits per heavy atom. The SMILES string of the molecule is C=CC(=O)NC(C)(C)S(=O)(=O)[O-].[Li+]. The largest absolute Gasteiger partial charge is 1.00 e. The van der Waals surface area contributed by atoms with Gasteiger partial charge in [0.05, 0.1) is 0 Å². The second-order valence-corrected chi connectivity index (χ2v) is 4.59. The van der Waals surface area contributed by atoms with Gasteiger partial charge in [0.2, 0.25) is 5.91 Å². The van der Waals surface area contributed by atoms with Gasteiger partial charge in [0.15, 0.2) is 0 Å². The van der Waals surface area contributed by atoms with Crippen LogP contribution in [0.5, 0.6) is 0 Å². The van der Waals surface area contributed by atoms with Gasteiger partial charge < -0.3 is 9.87 Å². The number of carbonyl (C=O) groups excluding carboxylic acids is 1. The normalized spacial score (nSPS) is 11.3. The Morgan fingerprint density at radius 3 is 2.15 bits per heavy atom. The van der Waals surface area contributed by atoms with Gasteiger partial charge in [0.1, 0.15) is 15.0 Å². The summed E-state index contributed by atoms with van der Waals surface area (Å²) in [6, 6.07) is 0. The van der Waals surface area contributed by atoms with Crippen LogP contribution >= 0.6 is 0 Å². The molecule has 0 aliphatic heterocycles. The molecule has 0 aromatic rings. The number of carbonyl (C=O) groups is 1. The summed E-state index contributed by atoms with van der Waals surface area (Å²) in [5, 5.41) is 1.99. The molecule has 70 valence electrons. The van der Waals surface area contributed by atoms with Gasteiger partial charge in [-0.3, -0.25) is 4.79 Å². The van der Waals surface area contributed by atoms with Crippen molar-refractivity contribution in [3.63, 3.8) is 0 Å². The van der Waals surface area contributed by atoms with Gasteiger partial charge in [-0.2, -0.15) is 0 Å². The van der Waals surface area contributed by atoms with Crippen molar-refractivity contribution in [2.24, 2.45) is 0 Å². The molecule has 5 nitrogen and oxygen atoms in total. The molecular weight excluding hydrogens is 189 g/mol. The first-order chi connectivity index (χ1) is 5.20. The zero-order valence-electron chi connectivity index (χ0n) is 7.83. The Hall–Kier alpha value is -0.283. The van der Waals surface area contributed by atoms with E-state index in [1.54, 1.807) is 0 Å². The smallest absolute Gasteiger partial charge is 0.746 e. The Morgan fingerprint density at radius 2 is 1.92 bits per heavy atom. The Bertz CT molecular complexity index is 296. The molecule has 0 saturated carbocycles. The summed E-state index contributed by atoms with van der Waals surface area (Å²) in [5.41, 5.74) is 0. The second kappa shape index (κ2) is 4.82. The van der Waals surface area contributed by atoms with E-state index < -0.39 is 20.9 Å². The zero-order chi connectivity index (χ0) is 9.99. The minimum atomic E-state index is -4.54. The third kappa shape index (κ3) is 4.48. The van der Waals surface area contributed by atoms with E-state index in [1.807, 2.05) is 5.32 Å². The first kappa shape index (κ1) is 15.2. The molecule has 0 aromatic carbocycles. The van der Waals surface area contributed by atoms with Gasteiger partial charge >= 0.3 is 18.9 Å². The predicted molar refractivity (Wildman–Crippen MR) is 42.1 cm³/mol. The van der Waals surface area contributed by atoms with Crippen LogP contribution < -0.4 is 24.2 Å².